The van der Waals surface area contributed by atoms with Crippen LogP contribution in [-0.2, 0) is 12.8 Å². The SMILES string of the molecule is Cc1ccc(Cc2ncc3c(n2)CC(C)(C)CC3=O)cc1. The first-order chi connectivity index (χ1) is 9.93. The number of benzene rings is 1. The number of hydrogen-bond donors (Lipinski definition) is 0. The molecule has 21 heavy (non-hydrogen) atoms. The molecule has 0 fully saturated rings. The van der Waals surface area contributed by atoms with Crippen LogP contribution in [0.3, 0.4) is 0 Å². The predicted molar refractivity (Wildman–Crippen MR) is 82.4 cm³/mol. The normalized spacial score (nSPS) is 16.6. The van der Waals surface area contributed by atoms with E-state index in [0.29, 0.717) is 18.4 Å². The van der Waals surface area contributed by atoms with Crippen molar-refractivity contribution < 1.29 is 4.79 Å². The summed E-state index contributed by atoms with van der Waals surface area (Å²) in [6, 6.07) is 8.40. The van der Waals surface area contributed by atoms with Gasteiger partial charge in [0.05, 0.1) is 11.3 Å². The molecule has 0 atom stereocenters. The van der Waals surface area contributed by atoms with Crippen molar-refractivity contribution in [3.63, 3.8) is 0 Å². The van der Waals surface area contributed by atoms with Gasteiger partial charge in [-0.15, -0.1) is 0 Å². The quantitative estimate of drug-likeness (QED) is 0.845. The summed E-state index contributed by atoms with van der Waals surface area (Å²) in [5.74, 6) is 0.964. The van der Waals surface area contributed by atoms with Crippen LogP contribution in [0.1, 0.15) is 53.3 Å². The third-order valence-corrected chi connectivity index (χ3v) is 3.99. The van der Waals surface area contributed by atoms with Crippen LogP contribution in [0, 0.1) is 12.3 Å². The smallest absolute Gasteiger partial charge is 0.166 e. The summed E-state index contributed by atoms with van der Waals surface area (Å²) in [6.45, 7) is 6.32. The second-order valence-corrected chi connectivity index (χ2v) is 6.75. The first-order valence-electron chi connectivity index (χ1n) is 7.36. The lowest BCUT2D eigenvalue weighted by Crippen LogP contribution is -2.28. The van der Waals surface area contributed by atoms with Gasteiger partial charge in [0.2, 0.25) is 0 Å². The number of Topliss-reactive ketones (excluding diaryl/α,β-unsaturated/α-hetero) is 1. The Hall–Kier alpha value is -2.03. The number of ketones is 1. The Labute approximate surface area is 125 Å². The van der Waals surface area contributed by atoms with Gasteiger partial charge >= 0.3 is 0 Å². The molecule has 1 aromatic heterocycles. The van der Waals surface area contributed by atoms with Gasteiger partial charge in [0.1, 0.15) is 5.82 Å². The molecule has 0 spiro atoms. The Morgan fingerprint density at radius 2 is 1.86 bits per heavy atom. The third kappa shape index (κ3) is 3.02. The topological polar surface area (TPSA) is 42.9 Å². The number of rotatable bonds is 2. The van der Waals surface area contributed by atoms with Gasteiger partial charge in [0, 0.05) is 19.0 Å². The van der Waals surface area contributed by atoms with Gasteiger partial charge in [0.25, 0.3) is 0 Å². The van der Waals surface area contributed by atoms with E-state index < -0.39 is 0 Å². The van der Waals surface area contributed by atoms with E-state index in [1.807, 2.05) is 0 Å². The van der Waals surface area contributed by atoms with Crippen LogP contribution in [0.15, 0.2) is 30.5 Å². The average Bonchev–Trinajstić information content (AvgIpc) is 2.39. The average molecular weight is 280 g/mol. The van der Waals surface area contributed by atoms with Crippen LogP contribution in [0.25, 0.3) is 0 Å². The lowest BCUT2D eigenvalue weighted by Gasteiger charge is -2.29. The predicted octanol–water partition coefficient (Wildman–Crippen LogP) is 3.53. The maximum atomic E-state index is 12.1. The zero-order valence-corrected chi connectivity index (χ0v) is 12.8. The summed E-state index contributed by atoms with van der Waals surface area (Å²) < 4.78 is 0. The zero-order valence-electron chi connectivity index (χ0n) is 12.8. The Bertz CT molecular complexity index is 687. The third-order valence-electron chi connectivity index (χ3n) is 3.99. The fraction of sp³-hybridized carbons (Fsp3) is 0.389. The first-order valence-corrected chi connectivity index (χ1v) is 7.36. The molecule has 0 unspecified atom stereocenters. The van der Waals surface area contributed by atoms with Gasteiger partial charge in [-0.05, 0) is 24.3 Å². The van der Waals surface area contributed by atoms with Gasteiger partial charge in [-0.1, -0.05) is 43.7 Å². The number of carbonyl (C=O) groups excluding carboxylic acids is 1. The molecule has 3 nitrogen and oxygen atoms in total. The molecule has 1 aliphatic rings. The minimum Gasteiger partial charge on any atom is -0.294 e. The number of aryl methyl sites for hydroxylation is 1. The van der Waals surface area contributed by atoms with Crippen molar-refractivity contribution in [2.75, 3.05) is 0 Å². The molecular formula is C18H20N2O. The summed E-state index contributed by atoms with van der Waals surface area (Å²) in [6.07, 6.45) is 3.85. The highest BCUT2D eigenvalue weighted by molar-refractivity contribution is 5.98. The number of aromatic nitrogens is 2. The fourth-order valence-electron chi connectivity index (χ4n) is 2.85. The highest BCUT2D eigenvalue weighted by Crippen LogP contribution is 2.33. The molecule has 0 N–H and O–H groups in total. The molecule has 0 saturated heterocycles. The maximum Gasteiger partial charge on any atom is 0.166 e. The van der Waals surface area contributed by atoms with E-state index in [1.54, 1.807) is 6.20 Å². The molecule has 108 valence electrons. The van der Waals surface area contributed by atoms with Crippen molar-refractivity contribution in [2.45, 2.75) is 40.0 Å². The minimum absolute atomic E-state index is 0.000431. The van der Waals surface area contributed by atoms with Crippen molar-refractivity contribution in [1.29, 1.82) is 0 Å². The lowest BCUT2D eigenvalue weighted by molar-refractivity contribution is 0.0909. The van der Waals surface area contributed by atoms with Crippen LogP contribution >= 0.6 is 0 Å². The Balaban J connectivity index is 1.89. The first kappa shape index (κ1) is 13.9. The molecule has 0 bridgehead atoms. The van der Waals surface area contributed by atoms with Crippen LogP contribution < -0.4 is 0 Å². The van der Waals surface area contributed by atoms with E-state index in [0.717, 1.165) is 17.9 Å². The standard InChI is InChI=1S/C18H20N2O/c1-12-4-6-13(7-5-12)8-17-19-11-14-15(20-17)9-18(2,3)10-16(14)21/h4-7,11H,8-10H2,1-3H3. The molecule has 2 aromatic rings. The number of hydrogen-bond acceptors (Lipinski definition) is 3. The minimum atomic E-state index is -0.000431. The largest absolute Gasteiger partial charge is 0.294 e. The molecule has 3 heteroatoms. The Morgan fingerprint density at radius 3 is 2.57 bits per heavy atom. The Morgan fingerprint density at radius 1 is 1.14 bits per heavy atom. The number of carbonyl (C=O) groups is 1. The van der Waals surface area contributed by atoms with Crippen LogP contribution in [0.4, 0.5) is 0 Å². The summed E-state index contributed by atoms with van der Waals surface area (Å²) in [5.41, 5.74) is 4.06. The van der Waals surface area contributed by atoms with E-state index in [2.05, 4.69) is 55.0 Å². The van der Waals surface area contributed by atoms with Crippen molar-refractivity contribution >= 4 is 5.78 Å². The zero-order chi connectivity index (χ0) is 15.0. The number of fused-ring (bicyclic) bond motifs is 1. The van der Waals surface area contributed by atoms with Crippen molar-refractivity contribution in [3.8, 4) is 0 Å². The van der Waals surface area contributed by atoms with Crippen molar-refractivity contribution in [2.24, 2.45) is 5.41 Å². The molecular weight excluding hydrogens is 260 g/mol. The van der Waals surface area contributed by atoms with Crippen LogP contribution in [0.2, 0.25) is 0 Å². The lowest BCUT2D eigenvalue weighted by atomic mass is 9.76. The van der Waals surface area contributed by atoms with Gasteiger partial charge in [-0.2, -0.15) is 0 Å². The van der Waals surface area contributed by atoms with Crippen LogP contribution in [-0.4, -0.2) is 15.8 Å². The second kappa shape index (κ2) is 5.06. The van der Waals surface area contributed by atoms with E-state index in [4.69, 9.17) is 0 Å². The fourth-order valence-corrected chi connectivity index (χ4v) is 2.85. The number of nitrogens with zero attached hydrogens (tertiary/aromatic N) is 2. The van der Waals surface area contributed by atoms with E-state index in [9.17, 15) is 4.79 Å². The van der Waals surface area contributed by atoms with Crippen LogP contribution in [0.5, 0.6) is 0 Å². The van der Waals surface area contributed by atoms with Gasteiger partial charge in [-0.3, -0.25) is 4.79 Å². The molecule has 1 aliphatic carbocycles. The van der Waals surface area contributed by atoms with E-state index in [1.165, 1.54) is 11.1 Å². The highest BCUT2D eigenvalue weighted by Gasteiger charge is 2.32. The summed E-state index contributed by atoms with van der Waals surface area (Å²) in [5, 5.41) is 0. The molecule has 0 aliphatic heterocycles. The molecule has 0 radical (unpaired) electrons. The van der Waals surface area contributed by atoms with E-state index >= 15 is 0 Å². The summed E-state index contributed by atoms with van der Waals surface area (Å²) >= 11 is 0. The Kier molecular flexibility index (Phi) is 3.36. The molecule has 0 amide bonds. The maximum absolute atomic E-state index is 12.1. The molecule has 1 heterocycles. The van der Waals surface area contributed by atoms with Crippen molar-refractivity contribution in [3.05, 3.63) is 58.7 Å². The van der Waals surface area contributed by atoms with Crippen molar-refractivity contribution in [1.82, 2.24) is 9.97 Å². The van der Waals surface area contributed by atoms with Gasteiger partial charge in [-0.25, -0.2) is 9.97 Å². The van der Waals surface area contributed by atoms with E-state index in [-0.39, 0.29) is 11.2 Å². The molecule has 3 rings (SSSR count). The molecule has 0 saturated carbocycles. The van der Waals surface area contributed by atoms with Gasteiger partial charge < -0.3 is 0 Å². The summed E-state index contributed by atoms with van der Waals surface area (Å²) in [7, 11) is 0. The highest BCUT2D eigenvalue weighted by atomic mass is 16.1. The monoisotopic (exact) mass is 280 g/mol. The summed E-state index contributed by atoms with van der Waals surface area (Å²) in [4.78, 5) is 21.1. The second-order valence-electron chi connectivity index (χ2n) is 6.75. The molecule has 1 aromatic carbocycles. The van der Waals surface area contributed by atoms with Gasteiger partial charge in [0.15, 0.2) is 5.78 Å².